The molecule has 0 spiro atoms. The summed E-state index contributed by atoms with van der Waals surface area (Å²) in [6, 6.07) is 0. The van der Waals surface area contributed by atoms with Gasteiger partial charge in [0, 0.05) is 12.8 Å². The van der Waals surface area contributed by atoms with Gasteiger partial charge in [-0.2, -0.15) is 0 Å². The van der Waals surface area contributed by atoms with Gasteiger partial charge in [-0.15, -0.1) is 0 Å². The van der Waals surface area contributed by atoms with Crippen molar-refractivity contribution in [3.8, 4) is 0 Å². The molecule has 0 heterocycles. The zero-order chi connectivity index (χ0) is 11.2. The van der Waals surface area contributed by atoms with Crippen molar-refractivity contribution in [2.45, 2.75) is 51.4 Å². The topological polar surface area (TPSA) is 38.7 Å². The molecule has 0 aromatic rings. The predicted octanol–water partition coefficient (Wildman–Crippen LogP) is 4.15. The van der Waals surface area contributed by atoms with E-state index in [9.17, 15) is 4.89 Å². The molecule has 0 saturated carbocycles. The Morgan fingerprint density at radius 1 is 0.875 bits per heavy atom. The molecular formula is C12H19O3P. The van der Waals surface area contributed by atoms with E-state index < -0.39 is 8.60 Å². The first-order valence-electron chi connectivity index (χ1n) is 6.07. The average Bonchev–Trinajstić information content (AvgIpc) is 2.31. The van der Waals surface area contributed by atoms with E-state index in [1.807, 2.05) is 0 Å². The van der Waals surface area contributed by atoms with Gasteiger partial charge in [0.25, 0.3) is 0 Å². The van der Waals surface area contributed by atoms with Gasteiger partial charge in [0.1, 0.15) is 11.5 Å². The summed E-state index contributed by atoms with van der Waals surface area (Å²) in [5.41, 5.74) is 0. The Labute approximate surface area is 98.1 Å². The third-order valence-corrected chi connectivity index (χ3v) is 3.67. The Kier molecular flexibility index (Phi) is 4.68. The molecule has 0 unspecified atom stereocenters. The van der Waals surface area contributed by atoms with Crippen molar-refractivity contribution >= 4 is 8.60 Å². The van der Waals surface area contributed by atoms with Gasteiger partial charge >= 0.3 is 8.60 Å². The second kappa shape index (κ2) is 6.27. The highest BCUT2D eigenvalue weighted by Crippen LogP contribution is 2.42. The maximum atomic E-state index is 9.69. The third kappa shape index (κ3) is 3.80. The lowest BCUT2D eigenvalue weighted by atomic mass is 10.1. The van der Waals surface area contributed by atoms with E-state index in [-0.39, 0.29) is 0 Å². The third-order valence-electron chi connectivity index (χ3n) is 2.89. The van der Waals surface area contributed by atoms with Crippen molar-refractivity contribution in [1.82, 2.24) is 0 Å². The van der Waals surface area contributed by atoms with Crippen LogP contribution in [0.1, 0.15) is 51.4 Å². The molecule has 0 aromatic carbocycles. The summed E-state index contributed by atoms with van der Waals surface area (Å²) >= 11 is 0. The summed E-state index contributed by atoms with van der Waals surface area (Å²) in [6.45, 7) is 0. The van der Waals surface area contributed by atoms with Crippen LogP contribution in [-0.2, 0) is 9.05 Å². The summed E-state index contributed by atoms with van der Waals surface area (Å²) in [6.07, 6.45) is 12.9. The largest absolute Gasteiger partial charge is 0.459 e. The zero-order valence-electron chi connectivity index (χ0n) is 9.52. The van der Waals surface area contributed by atoms with Crippen LogP contribution in [0.25, 0.3) is 0 Å². The Balaban J connectivity index is 1.76. The summed E-state index contributed by atoms with van der Waals surface area (Å²) in [5, 5.41) is 0. The lowest BCUT2D eigenvalue weighted by Crippen LogP contribution is -1.98. The lowest BCUT2D eigenvalue weighted by molar-refractivity contribution is 0.262. The highest BCUT2D eigenvalue weighted by Gasteiger charge is 2.16. The quantitative estimate of drug-likeness (QED) is 0.752. The van der Waals surface area contributed by atoms with Crippen molar-refractivity contribution in [3.63, 3.8) is 0 Å². The Bertz CT molecular complexity index is 258. The highest BCUT2D eigenvalue weighted by molar-refractivity contribution is 7.40. The summed E-state index contributed by atoms with van der Waals surface area (Å²) in [5.74, 6) is 1.80. The first-order chi connectivity index (χ1) is 7.84. The molecule has 0 aromatic heterocycles. The fourth-order valence-electron chi connectivity index (χ4n) is 2.00. The molecule has 0 radical (unpaired) electrons. The SMILES string of the molecule is OP(OC1=CCCCC1)OC1=CCCCC1. The predicted molar refractivity (Wildman–Crippen MR) is 64.4 cm³/mol. The van der Waals surface area contributed by atoms with Crippen molar-refractivity contribution in [3.05, 3.63) is 23.7 Å². The number of hydrogen-bond donors (Lipinski definition) is 1. The van der Waals surface area contributed by atoms with E-state index >= 15 is 0 Å². The number of hydrogen-bond acceptors (Lipinski definition) is 3. The zero-order valence-corrected chi connectivity index (χ0v) is 10.4. The lowest BCUT2D eigenvalue weighted by Gasteiger charge is -2.19. The van der Waals surface area contributed by atoms with Crippen LogP contribution < -0.4 is 0 Å². The molecule has 2 aliphatic rings. The molecule has 2 rings (SSSR count). The molecule has 0 aliphatic heterocycles. The Morgan fingerprint density at radius 3 is 1.75 bits per heavy atom. The Hall–Kier alpha value is -0.530. The van der Waals surface area contributed by atoms with Crippen LogP contribution in [0.2, 0.25) is 0 Å². The molecular weight excluding hydrogens is 223 g/mol. The second-order valence-electron chi connectivity index (χ2n) is 4.25. The van der Waals surface area contributed by atoms with Crippen molar-refractivity contribution in [1.29, 1.82) is 0 Å². The molecule has 90 valence electrons. The van der Waals surface area contributed by atoms with Crippen molar-refractivity contribution in [2.24, 2.45) is 0 Å². The van der Waals surface area contributed by atoms with E-state index in [0.717, 1.165) is 50.0 Å². The monoisotopic (exact) mass is 242 g/mol. The average molecular weight is 242 g/mol. The first-order valence-corrected chi connectivity index (χ1v) is 7.20. The normalized spacial score (nSPS) is 21.4. The molecule has 4 heteroatoms. The van der Waals surface area contributed by atoms with Gasteiger partial charge in [-0.3, -0.25) is 0 Å². The van der Waals surface area contributed by atoms with Crippen LogP contribution in [0, 0.1) is 0 Å². The van der Waals surface area contributed by atoms with Gasteiger partial charge in [-0.1, -0.05) is 0 Å². The van der Waals surface area contributed by atoms with Gasteiger partial charge in [0.15, 0.2) is 0 Å². The van der Waals surface area contributed by atoms with E-state index in [1.54, 1.807) is 0 Å². The van der Waals surface area contributed by atoms with Gasteiger partial charge < -0.3 is 13.9 Å². The summed E-state index contributed by atoms with van der Waals surface area (Å²) < 4.78 is 10.8. The minimum absolute atomic E-state index is 0.899. The van der Waals surface area contributed by atoms with Crippen LogP contribution in [0.5, 0.6) is 0 Å². The van der Waals surface area contributed by atoms with E-state index in [2.05, 4.69) is 12.2 Å². The molecule has 0 amide bonds. The van der Waals surface area contributed by atoms with Crippen LogP contribution >= 0.6 is 8.60 Å². The smallest absolute Gasteiger partial charge is 0.423 e. The number of allylic oxidation sites excluding steroid dienone is 4. The van der Waals surface area contributed by atoms with Gasteiger partial charge in [0.2, 0.25) is 0 Å². The van der Waals surface area contributed by atoms with Crippen LogP contribution in [-0.4, -0.2) is 4.89 Å². The minimum Gasteiger partial charge on any atom is -0.423 e. The van der Waals surface area contributed by atoms with Crippen LogP contribution in [0.4, 0.5) is 0 Å². The Morgan fingerprint density at radius 2 is 1.38 bits per heavy atom. The maximum Gasteiger partial charge on any atom is 0.459 e. The molecule has 0 bridgehead atoms. The van der Waals surface area contributed by atoms with E-state index in [0.29, 0.717) is 0 Å². The van der Waals surface area contributed by atoms with Crippen molar-refractivity contribution in [2.75, 3.05) is 0 Å². The summed E-state index contributed by atoms with van der Waals surface area (Å²) in [4.78, 5) is 9.69. The van der Waals surface area contributed by atoms with E-state index in [4.69, 9.17) is 9.05 Å². The molecule has 2 aliphatic carbocycles. The molecule has 1 N–H and O–H groups in total. The second-order valence-corrected chi connectivity index (χ2v) is 5.09. The molecule has 16 heavy (non-hydrogen) atoms. The molecule has 0 atom stereocenters. The van der Waals surface area contributed by atoms with Crippen LogP contribution in [0.3, 0.4) is 0 Å². The molecule has 3 nitrogen and oxygen atoms in total. The summed E-state index contributed by atoms with van der Waals surface area (Å²) in [7, 11) is -1.76. The standard InChI is InChI=1S/C12H19O3P/c13-16(14-11-7-3-1-4-8-11)15-12-9-5-2-6-10-12/h7,9,13H,1-6,8,10H2. The van der Waals surface area contributed by atoms with Gasteiger partial charge in [-0.05, 0) is 50.7 Å². The van der Waals surface area contributed by atoms with Crippen molar-refractivity contribution < 1.29 is 13.9 Å². The van der Waals surface area contributed by atoms with Gasteiger partial charge in [-0.25, -0.2) is 0 Å². The molecule has 0 saturated heterocycles. The van der Waals surface area contributed by atoms with E-state index in [1.165, 1.54) is 12.8 Å². The van der Waals surface area contributed by atoms with Gasteiger partial charge in [0.05, 0.1) is 0 Å². The highest BCUT2D eigenvalue weighted by atomic mass is 31.2. The molecule has 0 fully saturated rings. The first kappa shape index (κ1) is 11.9. The fourth-order valence-corrected chi connectivity index (χ4v) is 2.77. The minimum atomic E-state index is -1.76. The number of rotatable bonds is 4. The fraction of sp³-hybridized carbons (Fsp3) is 0.667. The maximum absolute atomic E-state index is 9.69. The van der Waals surface area contributed by atoms with Crippen LogP contribution in [0.15, 0.2) is 23.7 Å².